The minimum Gasteiger partial charge on any atom is -0.452 e. The fraction of sp³-hybridized carbons (Fsp3) is 0.438. The van der Waals surface area contributed by atoms with Crippen LogP contribution in [0.3, 0.4) is 0 Å². The van der Waals surface area contributed by atoms with E-state index in [1.54, 1.807) is 0 Å². The molecule has 2 heterocycles. The molecule has 1 aliphatic carbocycles. The van der Waals surface area contributed by atoms with Crippen LogP contribution in [-0.4, -0.2) is 46.0 Å². The van der Waals surface area contributed by atoms with Crippen molar-refractivity contribution in [2.24, 2.45) is 0 Å². The summed E-state index contributed by atoms with van der Waals surface area (Å²) in [4.78, 5) is 52.2. The molecule has 1 spiro atoms. The van der Waals surface area contributed by atoms with Crippen LogP contribution in [0.2, 0.25) is 10.2 Å². The number of halogens is 2. The summed E-state index contributed by atoms with van der Waals surface area (Å²) in [6.45, 7) is -0.691. The molecule has 9 nitrogen and oxygen atoms in total. The van der Waals surface area contributed by atoms with Gasteiger partial charge in [0.25, 0.3) is 11.8 Å². The summed E-state index contributed by atoms with van der Waals surface area (Å²) < 4.78 is 4.84. The van der Waals surface area contributed by atoms with Gasteiger partial charge in [0, 0.05) is 6.20 Å². The molecule has 2 aliphatic rings. The molecule has 2 N–H and O–H groups in total. The number of hydrogen-bond acceptors (Lipinski definition) is 6. The van der Waals surface area contributed by atoms with Crippen LogP contribution in [0.5, 0.6) is 0 Å². The summed E-state index contributed by atoms with van der Waals surface area (Å²) in [5, 5.41) is 3.39. The van der Waals surface area contributed by atoms with Gasteiger partial charge in [-0.15, -0.1) is 0 Å². The molecule has 1 saturated carbocycles. The third kappa shape index (κ3) is 3.98. The molecule has 27 heavy (non-hydrogen) atoms. The summed E-state index contributed by atoms with van der Waals surface area (Å²) in [6.07, 6.45) is 4.86. The standard InChI is InChI=1S/C16H16Cl2N4O5/c17-10-6-9(7-19-12(10)18)13(24)27-8-11(23)21-22-14(25)16(20-15(22)26)4-2-1-3-5-16/h6-7H,1-5,8H2,(H,20,26)(H,21,23). The number of carbonyl (C=O) groups excluding carboxylic acids is 4. The zero-order valence-electron chi connectivity index (χ0n) is 14.1. The van der Waals surface area contributed by atoms with Crippen molar-refractivity contribution in [1.29, 1.82) is 0 Å². The lowest BCUT2D eigenvalue weighted by atomic mass is 9.82. The Morgan fingerprint density at radius 1 is 1.26 bits per heavy atom. The molecular formula is C16H16Cl2N4O5. The van der Waals surface area contributed by atoms with Crippen molar-refractivity contribution < 1.29 is 23.9 Å². The predicted molar refractivity (Wildman–Crippen MR) is 93.9 cm³/mol. The smallest absolute Gasteiger partial charge is 0.344 e. The maximum Gasteiger partial charge on any atom is 0.344 e. The van der Waals surface area contributed by atoms with E-state index in [-0.39, 0.29) is 15.7 Å². The van der Waals surface area contributed by atoms with E-state index in [1.165, 1.54) is 6.07 Å². The Bertz CT molecular complexity index is 810. The molecule has 1 aromatic rings. The van der Waals surface area contributed by atoms with Gasteiger partial charge in [0.15, 0.2) is 6.61 Å². The van der Waals surface area contributed by atoms with Gasteiger partial charge in [-0.1, -0.05) is 42.5 Å². The molecule has 1 aliphatic heterocycles. The number of hydrazine groups is 1. The fourth-order valence-corrected chi connectivity index (χ4v) is 3.39. The van der Waals surface area contributed by atoms with Gasteiger partial charge in [-0.2, -0.15) is 5.01 Å². The summed E-state index contributed by atoms with van der Waals surface area (Å²) in [7, 11) is 0. The zero-order valence-corrected chi connectivity index (χ0v) is 15.6. The molecule has 144 valence electrons. The number of imide groups is 1. The Hall–Kier alpha value is -2.39. The number of nitrogens with zero attached hydrogens (tertiary/aromatic N) is 2. The van der Waals surface area contributed by atoms with Crippen LogP contribution >= 0.6 is 23.2 Å². The summed E-state index contributed by atoms with van der Waals surface area (Å²) in [5.74, 6) is -2.18. The van der Waals surface area contributed by atoms with Gasteiger partial charge in [0.2, 0.25) is 0 Å². The zero-order chi connectivity index (χ0) is 19.6. The highest BCUT2D eigenvalue weighted by Crippen LogP contribution is 2.32. The van der Waals surface area contributed by atoms with E-state index in [1.807, 2.05) is 0 Å². The largest absolute Gasteiger partial charge is 0.452 e. The SMILES string of the molecule is O=C(COC(=O)c1cnc(Cl)c(Cl)c1)NN1C(=O)NC2(CCCCC2)C1=O. The van der Waals surface area contributed by atoms with Crippen molar-refractivity contribution >= 4 is 47.0 Å². The number of rotatable bonds is 4. The second-order valence-electron chi connectivity index (χ2n) is 6.32. The number of carbonyl (C=O) groups is 4. The molecule has 11 heteroatoms. The first kappa shape index (κ1) is 19.4. The predicted octanol–water partition coefficient (Wildman–Crippen LogP) is 1.83. The molecule has 0 unspecified atom stereocenters. The van der Waals surface area contributed by atoms with Crippen LogP contribution < -0.4 is 10.7 Å². The van der Waals surface area contributed by atoms with E-state index in [0.29, 0.717) is 17.9 Å². The number of esters is 1. The minimum absolute atomic E-state index is 0.00773. The number of hydrogen-bond donors (Lipinski definition) is 2. The molecule has 0 bridgehead atoms. The van der Waals surface area contributed by atoms with Gasteiger partial charge >= 0.3 is 12.0 Å². The third-order valence-electron chi connectivity index (χ3n) is 4.47. The van der Waals surface area contributed by atoms with E-state index < -0.39 is 36.0 Å². The number of aromatic nitrogens is 1. The van der Waals surface area contributed by atoms with Crippen molar-refractivity contribution in [1.82, 2.24) is 20.7 Å². The number of amides is 4. The van der Waals surface area contributed by atoms with E-state index in [9.17, 15) is 19.2 Å². The highest BCUT2D eigenvalue weighted by molar-refractivity contribution is 6.41. The quantitative estimate of drug-likeness (QED) is 0.440. The van der Waals surface area contributed by atoms with Gasteiger partial charge in [-0.25, -0.2) is 14.6 Å². The molecule has 0 radical (unpaired) electrons. The molecule has 3 rings (SSSR count). The molecule has 1 aromatic heterocycles. The second kappa shape index (κ2) is 7.69. The maximum atomic E-state index is 12.5. The number of ether oxygens (including phenoxy) is 1. The lowest BCUT2D eigenvalue weighted by Gasteiger charge is -2.30. The number of nitrogens with one attached hydrogen (secondary N) is 2. The Morgan fingerprint density at radius 3 is 2.63 bits per heavy atom. The minimum atomic E-state index is -0.953. The topological polar surface area (TPSA) is 118 Å². The highest BCUT2D eigenvalue weighted by atomic mass is 35.5. The first-order valence-electron chi connectivity index (χ1n) is 8.27. The molecule has 4 amide bonds. The van der Waals surface area contributed by atoms with Crippen LogP contribution in [0, 0.1) is 0 Å². The summed E-state index contributed by atoms with van der Waals surface area (Å²) in [6, 6.07) is 0.553. The third-order valence-corrected chi connectivity index (χ3v) is 5.16. The fourth-order valence-electron chi connectivity index (χ4n) is 3.12. The molecule has 0 atom stereocenters. The second-order valence-corrected chi connectivity index (χ2v) is 7.09. The Morgan fingerprint density at radius 2 is 1.96 bits per heavy atom. The normalized spacial score (nSPS) is 18.4. The van der Waals surface area contributed by atoms with Crippen molar-refractivity contribution in [2.75, 3.05) is 6.61 Å². The van der Waals surface area contributed by atoms with Crippen LogP contribution in [0.1, 0.15) is 42.5 Å². The van der Waals surface area contributed by atoms with Crippen LogP contribution in [-0.2, 0) is 14.3 Å². The van der Waals surface area contributed by atoms with Gasteiger partial charge in [-0.05, 0) is 18.9 Å². The van der Waals surface area contributed by atoms with E-state index in [0.717, 1.165) is 25.5 Å². The molecule has 2 fully saturated rings. The van der Waals surface area contributed by atoms with Crippen molar-refractivity contribution in [3.63, 3.8) is 0 Å². The monoisotopic (exact) mass is 414 g/mol. The highest BCUT2D eigenvalue weighted by Gasteiger charge is 2.52. The van der Waals surface area contributed by atoms with Gasteiger partial charge in [-0.3, -0.25) is 15.0 Å². The van der Waals surface area contributed by atoms with Gasteiger partial charge in [0.1, 0.15) is 10.7 Å². The summed E-state index contributed by atoms with van der Waals surface area (Å²) in [5.41, 5.74) is 1.22. The Labute approximate surface area is 164 Å². The molecule has 1 saturated heterocycles. The molecular weight excluding hydrogens is 399 g/mol. The van der Waals surface area contributed by atoms with Crippen LogP contribution in [0.25, 0.3) is 0 Å². The van der Waals surface area contributed by atoms with Gasteiger partial charge < -0.3 is 10.1 Å². The van der Waals surface area contributed by atoms with Crippen LogP contribution in [0.15, 0.2) is 12.3 Å². The van der Waals surface area contributed by atoms with Crippen LogP contribution in [0.4, 0.5) is 4.79 Å². The number of pyridine rings is 1. The van der Waals surface area contributed by atoms with E-state index in [2.05, 4.69) is 15.7 Å². The van der Waals surface area contributed by atoms with Crippen molar-refractivity contribution in [2.45, 2.75) is 37.6 Å². The average molecular weight is 415 g/mol. The van der Waals surface area contributed by atoms with E-state index in [4.69, 9.17) is 27.9 Å². The first-order chi connectivity index (χ1) is 12.8. The number of urea groups is 1. The summed E-state index contributed by atoms with van der Waals surface area (Å²) >= 11 is 11.4. The Balaban J connectivity index is 1.56. The Kier molecular flexibility index (Phi) is 5.52. The lowest BCUT2D eigenvalue weighted by Crippen LogP contribution is -2.51. The average Bonchev–Trinajstić information content (AvgIpc) is 2.86. The van der Waals surface area contributed by atoms with Crippen molar-refractivity contribution in [3.05, 3.63) is 28.0 Å². The van der Waals surface area contributed by atoms with E-state index >= 15 is 0 Å². The lowest BCUT2D eigenvalue weighted by molar-refractivity contribution is -0.140. The van der Waals surface area contributed by atoms with Gasteiger partial charge in [0.05, 0.1) is 10.6 Å². The van der Waals surface area contributed by atoms with Crippen molar-refractivity contribution in [3.8, 4) is 0 Å². The first-order valence-corrected chi connectivity index (χ1v) is 9.02. The maximum absolute atomic E-state index is 12.5. The molecule has 0 aromatic carbocycles.